The summed E-state index contributed by atoms with van der Waals surface area (Å²) in [7, 11) is 1.38. The number of hydrogen-bond acceptors (Lipinski definition) is 4. The molecule has 5 nitrogen and oxygen atoms in total. The molecule has 0 radical (unpaired) electrons. The van der Waals surface area contributed by atoms with Crippen molar-refractivity contribution in [2.45, 2.75) is 13.5 Å². The highest BCUT2D eigenvalue weighted by atomic mass is 16.5. The SMILES string of the molecule is COC(=O)/C(=C/c1ccc(C)cc1)Cn1cc(-c2ccccc2)nn1. The molecule has 0 unspecified atom stereocenters. The van der Waals surface area contributed by atoms with Crippen LogP contribution in [0.15, 0.2) is 66.4 Å². The van der Waals surface area contributed by atoms with Crippen molar-refractivity contribution in [2.24, 2.45) is 0 Å². The van der Waals surface area contributed by atoms with Crippen LogP contribution in [0.3, 0.4) is 0 Å². The van der Waals surface area contributed by atoms with Crippen molar-refractivity contribution in [3.63, 3.8) is 0 Å². The molecule has 0 fully saturated rings. The van der Waals surface area contributed by atoms with Gasteiger partial charge in [0.05, 0.1) is 25.4 Å². The van der Waals surface area contributed by atoms with Gasteiger partial charge in [-0.1, -0.05) is 65.4 Å². The van der Waals surface area contributed by atoms with Gasteiger partial charge in [-0.3, -0.25) is 0 Å². The Bertz CT molecular complexity index is 881. The summed E-state index contributed by atoms with van der Waals surface area (Å²) >= 11 is 0. The molecule has 3 aromatic rings. The molecule has 0 saturated heterocycles. The Labute approximate surface area is 146 Å². The molecule has 0 atom stereocenters. The van der Waals surface area contributed by atoms with E-state index >= 15 is 0 Å². The molecule has 0 aliphatic carbocycles. The van der Waals surface area contributed by atoms with Crippen molar-refractivity contribution in [3.8, 4) is 11.3 Å². The Morgan fingerprint density at radius 1 is 1.12 bits per heavy atom. The number of ether oxygens (including phenoxy) is 1. The molecule has 1 aromatic heterocycles. The second kappa shape index (κ2) is 7.57. The molecule has 1 heterocycles. The molecule has 0 spiro atoms. The quantitative estimate of drug-likeness (QED) is 0.529. The van der Waals surface area contributed by atoms with Crippen molar-refractivity contribution in [1.29, 1.82) is 0 Å². The summed E-state index contributed by atoms with van der Waals surface area (Å²) in [6, 6.07) is 17.7. The lowest BCUT2D eigenvalue weighted by molar-refractivity contribution is -0.136. The van der Waals surface area contributed by atoms with E-state index in [1.807, 2.05) is 73.8 Å². The topological polar surface area (TPSA) is 57.0 Å². The van der Waals surface area contributed by atoms with E-state index in [0.29, 0.717) is 12.1 Å². The normalized spacial score (nSPS) is 11.4. The average Bonchev–Trinajstić information content (AvgIpc) is 3.11. The van der Waals surface area contributed by atoms with E-state index in [1.54, 1.807) is 4.68 Å². The minimum absolute atomic E-state index is 0.292. The van der Waals surface area contributed by atoms with Gasteiger partial charge in [0.15, 0.2) is 0 Å². The van der Waals surface area contributed by atoms with Crippen molar-refractivity contribution in [2.75, 3.05) is 7.11 Å². The highest BCUT2D eigenvalue weighted by Crippen LogP contribution is 2.16. The van der Waals surface area contributed by atoms with Gasteiger partial charge in [-0.25, -0.2) is 9.48 Å². The van der Waals surface area contributed by atoms with E-state index in [0.717, 1.165) is 16.8 Å². The molecule has 25 heavy (non-hydrogen) atoms. The Kier molecular flexibility index (Phi) is 5.04. The van der Waals surface area contributed by atoms with Crippen LogP contribution in [0, 0.1) is 6.92 Å². The lowest BCUT2D eigenvalue weighted by Crippen LogP contribution is -2.12. The van der Waals surface area contributed by atoms with Crippen LogP contribution in [-0.2, 0) is 16.1 Å². The number of rotatable bonds is 5. The van der Waals surface area contributed by atoms with Gasteiger partial charge in [-0.2, -0.15) is 0 Å². The van der Waals surface area contributed by atoms with Crippen molar-refractivity contribution < 1.29 is 9.53 Å². The molecule has 126 valence electrons. The third kappa shape index (κ3) is 4.20. The molecule has 5 heteroatoms. The van der Waals surface area contributed by atoms with Crippen LogP contribution in [0.25, 0.3) is 17.3 Å². The molecule has 0 bridgehead atoms. The summed E-state index contributed by atoms with van der Waals surface area (Å²) in [6.07, 6.45) is 3.64. The van der Waals surface area contributed by atoms with Crippen LogP contribution in [-0.4, -0.2) is 28.1 Å². The number of esters is 1. The maximum atomic E-state index is 12.1. The molecule has 3 rings (SSSR count). The number of methoxy groups -OCH3 is 1. The largest absolute Gasteiger partial charge is 0.466 e. The third-order valence-corrected chi connectivity index (χ3v) is 3.81. The Balaban J connectivity index is 1.85. The van der Waals surface area contributed by atoms with Gasteiger partial charge in [0.2, 0.25) is 0 Å². The van der Waals surface area contributed by atoms with Crippen LogP contribution >= 0.6 is 0 Å². The lowest BCUT2D eigenvalue weighted by atomic mass is 10.1. The summed E-state index contributed by atoms with van der Waals surface area (Å²) in [5.41, 5.74) is 4.36. The second-order valence-corrected chi connectivity index (χ2v) is 5.74. The Morgan fingerprint density at radius 2 is 1.84 bits per heavy atom. The van der Waals surface area contributed by atoms with Gasteiger partial charge in [0.25, 0.3) is 0 Å². The van der Waals surface area contributed by atoms with Gasteiger partial charge in [0.1, 0.15) is 5.69 Å². The van der Waals surface area contributed by atoms with Gasteiger partial charge < -0.3 is 4.74 Å². The fourth-order valence-electron chi connectivity index (χ4n) is 2.46. The third-order valence-electron chi connectivity index (χ3n) is 3.81. The lowest BCUT2D eigenvalue weighted by Gasteiger charge is -2.06. The van der Waals surface area contributed by atoms with Crippen molar-refractivity contribution in [1.82, 2.24) is 15.0 Å². The highest BCUT2D eigenvalue weighted by molar-refractivity contribution is 5.93. The molecule has 0 saturated carbocycles. The summed E-state index contributed by atoms with van der Waals surface area (Å²) < 4.78 is 6.54. The minimum Gasteiger partial charge on any atom is -0.466 e. The molecule has 0 aliphatic heterocycles. The summed E-state index contributed by atoms with van der Waals surface area (Å²) in [5, 5.41) is 8.30. The van der Waals surface area contributed by atoms with Crippen LogP contribution < -0.4 is 0 Å². The Hall–Kier alpha value is -3.21. The predicted molar refractivity (Wildman–Crippen MR) is 96.6 cm³/mol. The zero-order valence-corrected chi connectivity index (χ0v) is 14.2. The maximum absolute atomic E-state index is 12.1. The molecular formula is C20H19N3O2. The zero-order valence-electron chi connectivity index (χ0n) is 14.2. The van der Waals surface area contributed by atoms with Gasteiger partial charge in [-0.15, -0.1) is 5.10 Å². The summed E-state index contributed by atoms with van der Waals surface area (Å²) in [4.78, 5) is 12.1. The molecule has 0 amide bonds. The molecule has 2 aromatic carbocycles. The first-order chi connectivity index (χ1) is 12.2. The van der Waals surface area contributed by atoms with E-state index in [9.17, 15) is 4.79 Å². The predicted octanol–water partition coefficient (Wildman–Crippen LogP) is 3.51. The maximum Gasteiger partial charge on any atom is 0.335 e. The number of aryl methyl sites for hydroxylation is 1. The fourth-order valence-corrected chi connectivity index (χ4v) is 2.46. The average molecular weight is 333 g/mol. The van der Waals surface area contributed by atoms with Crippen LogP contribution in [0.2, 0.25) is 0 Å². The Morgan fingerprint density at radius 3 is 2.52 bits per heavy atom. The number of carbonyl (C=O) groups excluding carboxylic acids is 1. The fraction of sp³-hybridized carbons (Fsp3) is 0.150. The standard InChI is InChI=1S/C20H19N3O2/c1-15-8-10-16(11-9-15)12-18(20(24)25-2)13-23-14-19(21-22-23)17-6-4-3-5-7-17/h3-12,14H,13H2,1-2H3/b18-12+. The number of carbonyl (C=O) groups is 1. The van der Waals surface area contributed by atoms with E-state index < -0.39 is 0 Å². The van der Waals surface area contributed by atoms with E-state index in [-0.39, 0.29) is 5.97 Å². The highest BCUT2D eigenvalue weighted by Gasteiger charge is 2.12. The molecule has 0 N–H and O–H groups in total. The number of aromatic nitrogens is 3. The molecular weight excluding hydrogens is 314 g/mol. The second-order valence-electron chi connectivity index (χ2n) is 5.74. The first kappa shape index (κ1) is 16.6. The number of benzene rings is 2. The van der Waals surface area contributed by atoms with Gasteiger partial charge in [-0.05, 0) is 18.6 Å². The number of hydrogen-bond donors (Lipinski definition) is 0. The molecule has 0 aliphatic rings. The summed E-state index contributed by atoms with van der Waals surface area (Å²) in [5.74, 6) is -0.377. The van der Waals surface area contributed by atoms with Crippen LogP contribution in [0.1, 0.15) is 11.1 Å². The van der Waals surface area contributed by atoms with Crippen LogP contribution in [0.4, 0.5) is 0 Å². The monoisotopic (exact) mass is 333 g/mol. The van der Waals surface area contributed by atoms with Crippen LogP contribution in [0.5, 0.6) is 0 Å². The smallest absolute Gasteiger partial charge is 0.335 e. The zero-order chi connectivity index (χ0) is 17.6. The summed E-state index contributed by atoms with van der Waals surface area (Å²) in [6.45, 7) is 2.32. The first-order valence-corrected chi connectivity index (χ1v) is 7.97. The van der Waals surface area contributed by atoms with Gasteiger partial charge in [0, 0.05) is 5.56 Å². The van der Waals surface area contributed by atoms with E-state index in [4.69, 9.17) is 4.74 Å². The van der Waals surface area contributed by atoms with E-state index in [2.05, 4.69) is 10.3 Å². The van der Waals surface area contributed by atoms with Crippen molar-refractivity contribution >= 4 is 12.0 Å². The van der Waals surface area contributed by atoms with E-state index in [1.165, 1.54) is 12.7 Å². The first-order valence-electron chi connectivity index (χ1n) is 7.97. The van der Waals surface area contributed by atoms with Gasteiger partial charge >= 0.3 is 5.97 Å². The minimum atomic E-state index is -0.377. The van der Waals surface area contributed by atoms with Crippen molar-refractivity contribution in [3.05, 3.63) is 77.5 Å². The number of nitrogens with zero attached hydrogens (tertiary/aromatic N) is 3.